The second-order valence-corrected chi connectivity index (χ2v) is 6.37. The molecule has 2 N–H and O–H groups in total. The Labute approximate surface area is 151 Å². The van der Waals surface area contributed by atoms with Crippen molar-refractivity contribution in [2.24, 2.45) is 10.7 Å². The Kier molecular flexibility index (Phi) is 9.12. The Hall–Kier alpha value is -0.530. The van der Waals surface area contributed by atoms with Crippen molar-refractivity contribution in [3.63, 3.8) is 0 Å². The normalized spacial score (nSPS) is 21.0. The summed E-state index contributed by atoms with van der Waals surface area (Å²) in [4.78, 5) is 20.6. The molecule has 5 nitrogen and oxygen atoms in total. The maximum Gasteiger partial charge on any atom is 0.244 e. The number of rotatable bonds is 3. The highest BCUT2D eigenvalue weighted by Gasteiger charge is 2.21. The lowest BCUT2D eigenvalue weighted by Crippen LogP contribution is -2.41. The van der Waals surface area contributed by atoms with Gasteiger partial charge < -0.3 is 15.5 Å². The van der Waals surface area contributed by atoms with Crippen LogP contribution in [-0.4, -0.2) is 54.4 Å². The minimum Gasteiger partial charge on any atom is -0.370 e. The highest BCUT2D eigenvalue weighted by molar-refractivity contribution is 14.0. The maximum absolute atomic E-state index is 12.2. The number of likely N-dealkylation sites (tertiary alicyclic amines) is 1. The summed E-state index contributed by atoms with van der Waals surface area (Å²) in [5.74, 6) is 0.641. The summed E-state index contributed by atoms with van der Waals surface area (Å²) < 4.78 is 0. The molecule has 1 saturated heterocycles. The smallest absolute Gasteiger partial charge is 0.244 e. The zero-order chi connectivity index (χ0) is 15.1. The van der Waals surface area contributed by atoms with E-state index < -0.39 is 0 Å². The summed E-state index contributed by atoms with van der Waals surface area (Å²) in [6.45, 7) is 2.14. The first-order valence-corrected chi connectivity index (χ1v) is 8.49. The minimum absolute atomic E-state index is 0. The number of amides is 1. The van der Waals surface area contributed by atoms with Gasteiger partial charge in [-0.25, -0.2) is 4.99 Å². The van der Waals surface area contributed by atoms with Gasteiger partial charge in [0, 0.05) is 26.2 Å². The van der Waals surface area contributed by atoms with Crippen LogP contribution in [0.2, 0.25) is 0 Å². The lowest BCUT2D eigenvalue weighted by Gasteiger charge is -2.31. The molecular weight excluding hydrogens is 391 g/mol. The van der Waals surface area contributed by atoms with E-state index in [1.807, 2.05) is 11.9 Å². The van der Waals surface area contributed by atoms with Crippen LogP contribution < -0.4 is 5.73 Å². The maximum atomic E-state index is 12.2. The number of nitrogens with two attached hydrogens (primary N) is 1. The van der Waals surface area contributed by atoms with Crippen LogP contribution in [0.15, 0.2) is 4.99 Å². The zero-order valence-electron chi connectivity index (χ0n) is 13.8. The molecule has 1 heterocycles. The standard InChI is InChI=1S/C16H30N4O.HI/c1-19(14-9-5-4-6-10-14)15(21)13-18-16(17)20-11-7-2-3-8-12-20;/h14H,2-13H2,1H3,(H2,17,18);1H. The van der Waals surface area contributed by atoms with Crippen LogP contribution in [0.1, 0.15) is 57.8 Å². The predicted octanol–water partition coefficient (Wildman–Crippen LogP) is 2.59. The molecule has 2 rings (SSSR count). The second kappa shape index (κ2) is 10.3. The number of aliphatic imine (C=N–C) groups is 1. The van der Waals surface area contributed by atoms with Gasteiger partial charge in [-0.15, -0.1) is 24.0 Å². The highest BCUT2D eigenvalue weighted by atomic mass is 127. The number of nitrogens with zero attached hydrogens (tertiary/aromatic N) is 3. The fourth-order valence-electron chi connectivity index (χ4n) is 3.33. The monoisotopic (exact) mass is 422 g/mol. The molecule has 128 valence electrons. The molecule has 1 aliphatic carbocycles. The van der Waals surface area contributed by atoms with Crippen molar-refractivity contribution in [1.82, 2.24) is 9.80 Å². The predicted molar refractivity (Wildman–Crippen MR) is 102 cm³/mol. The van der Waals surface area contributed by atoms with Gasteiger partial charge in [0.15, 0.2) is 5.96 Å². The molecule has 1 aliphatic heterocycles. The molecule has 0 aromatic heterocycles. The molecule has 0 aromatic rings. The lowest BCUT2D eigenvalue weighted by molar-refractivity contribution is -0.130. The van der Waals surface area contributed by atoms with Crippen molar-refractivity contribution in [2.75, 3.05) is 26.7 Å². The van der Waals surface area contributed by atoms with Gasteiger partial charge in [-0.1, -0.05) is 32.1 Å². The molecule has 0 radical (unpaired) electrons. The van der Waals surface area contributed by atoms with Crippen molar-refractivity contribution in [3.8, 4) is 0 Å². The quantitative estimate of drug-likeness (QED) is 0.432. The van der Waals surface area contributed by atoms with Crippen LogP contribution in [0.4, 0.5) is 0 Å². The third kappa shape index (κ3) is 5.93. The van der Waals surface area contributed by atoms with Crippen molar-refractivity contribution >= 4 is 35.8 Å². The van der Waals surface area contributed by atoms with Crippen LogP contribution in [-0.2, 0) is 4.79 Å². The minimum atomic E-state index is 0. The van der Waals surface area contributed by atoms with E-state index in [2.05, 4.69) is 9.89 Å². The van der Waals surface area contributed by atoms with Crippen molar-refractivity contribution in [3.05, 3.63) is 0 Å². The summed E-state index contributed by atoms with van der Waals surface area (Å²) in [6, 6.07) is 0.404. The molecule has 0 spiro atoms. The van der Waals surface area contributed by atoms with Crippen LogP contribution in [0.3, 0.4) is 0 Å². The summed E-state index contributed by atoms with van der Waals surface area (Å²) in [6.07, 6.45) is 10.9. The van der Waals surface area contributed by atoms with Crippen molar-refractivity contribution in [2.45, 2.75) is 63.8 Å². The summed E-state index contributed by atoms with van der Waals surface area (Å²) in [7, 11) is 1.91. The number of carbonyl (C=O) groups excluding carboxylic acids is 1. The van der Waals surface area contributed by atoms with Gasteiger partial charge in [0.05, 0.1) is 0 Å². The Bertz CT molecular complexity index is 361. The van der Waals surface area contributed by atoms with E-state index in [1.54, 1.807) is 0 Å². The molecule has 2 aliphatic rings. The number of carbonyl (C=O) groups is 1. The molecule has 0 bridgehead atoms. The molecule has 1 amide bonds. The summed E-state index contributed by atoms with van der Waals surface area (Å²) in [5, 5.41) is 0. The largest absolute Gasteiger partial charge is 0.370 e. The highest BCUT2D eigenvalue weighted by Crippen LogP contribution is 2.21. The van der Waals surface area contributed by atoms with Gasteiger partial charge in [0.25, 0.3) is 0 Å². The summed E-state index contributed by atoms with van der Waals surface area (Å²) >= 11 is 0. The molecule has 0 unspecified atom stereocenters. The lowest BCUT2D eigenvalue weighted by atomic mass is 9.94. The Morgan fingerprint density at radius 1 is 1.09 bits per heavy atom. The molecule has 0 aromatic carbocycles. The van der Waals surface area contributed by atoms with Gasteiger partial charge in [-0.2, -0.15) is 0 Å². The van der Waals surface area contributed by atoms with E-state index in [0.29, 0.717) is 12.0 Å². The molecule has 2 fully saturated rings. The van der Waals surface area contributed by atoms with E-state index in [-0.39, 0.29) is 36.4 Å². The van der Waals surface area contributed by atoms with E-state index in [4.69, 9.17) is 5.73 Å². The number of halogens is 1. The number of hydrogen-bond donors (Lipinski definition) is 1. The average molecular weight is 422 g/mol. The fraction of sp³-hybridized carbons (Fsp3) is 0.875. The van der Waals surface area contributed by atoms with Gasteiger partial charge in [0.1, 0.15) is 6.54 Å². The van der Waals surface area contributed by atoms with Crippen molar-refractivity contribution < 1.29 is 4.79 Å². The first-order valence-electron chi connectivity index (χ1n) is 8.49. The molecular formula is C16H31IN4O. The van der Waals surface area contributed by atoms with Crippen LogP contribution in [0, 0.1) is 0 Å². The van der Waals surface area contributed by atoms with Gasteiger partial charge in [-0.3, -0.25) is 4.79 Å². The number of guanidine groups is 1. The Balaban J connectivity index is 0.00000242. The number of hydrogen-bond acceptors (Lipinski definition) is 2. The van der Waals surface area contributed by atoms with Crippen LogP contribution in [0.25, 0.3) is 0 Å². The Morgan fingerprint density at radius 3 is 2.23 bits per heavy atom. The van der Waals surface area contributed by atoms with E-state index >= 15 is 0 Å². The van der Waals surface area contributed by atoms with Crippen LogP contribution >= 0.6 is 24.0 Å². The van der Waals surface area contributed by atoms with Crippen molar-refractivity contribution in [1.29, 1.82) is 0 Å². The van der Waals surface area contributed by atoms with E-state index in [9.17, 15) is 4.79 Å². The second-order valence-electron chi connectivity index (χ2n) is 6.37. The van der Waals surface area contributed by atoms with Gasteiger partial charge in [0.2, 0.25) is 5.91 Å². The Morgan fingerprint density at radius 2 is 1.64 bits per heavy atom. The van der Waals surface area contributed by atoms with E-state index in [0.717, 1.165) is 25.9 Å². The SMILES string of the molecule is CN(C(=O)CN=C(N)N1CCCCCC1)C1CCCCC1.I. The van der Waals surface area contributed by atoms with E-state index in [1.165, 1.54) is 44.9 Å². The first kappa shape index (κ1) is 19.5. The first-order chi connectivity index (χ1) is 10.2. The van der Waals surface area contributed by atoms with Gasteiger partial charge in [-0.05, 0) is 25.7 Å². The van der Waals surface area contributed by atoms with Gasteiger partial charge >= 0.3 is 0 Å². The zero-order valence-corrected chi connectivity index (χ0v) is 16.1. The fourth-order valence-corrected chi connectivity index (χ4v) is 3.33. The third-order valence-electron chi connectivity index (χ3n) is 4.82. The van der Waals surface area contributed by atoms with Crippen LogP contribution in [0.5, 0.6) is 0 Å². The topological polar surface area (TPSA) is 61.9 Å². The number of likely N-dealkylation sites (N-methyl/N-ethyl adjacent to an activating group) is 1. The molecule has 6 heteroatoms. The summed E-state index contributed by atoms with van der Waals surface area (Å²) in [5.41, 5.74) is 6.05. The molecule has 0 atom stereocenters. The third-order valence-corrected chi connectivity index (χ3v) is 4.82. The average Bonchev–Trinajstić information content (AvgIpc) is 2.81. The molecule has 1 saturated carbocycles. The molecule has 22 heavy (non-hydrogen) atoms.